The monoisotopic (exact) mass is 458 g/mol. The molecule has 2 aromatic carbocycles. The zero-order valence-electron chi connectivity index (χ0n) is 15.8. The van der Waals surface area contributed by atoms with E-state index in [2.05, 4.69) is 25.9 Å². The largest absolute Gasteiger partial charge is 0.495 e. The number of methoxy groups -OCH3 is 1. The van der Waals surface area contributed by atoms with E-state index in [-0.39, 0.29) is 11.0 Å². The van der Waals surface area contributed by atoms with Crippen LogP contribution in [0.5, 0.6) is 5.75 Å². The van der Waals surface area contributed by atoms with E-state index in [1.165, 1.54) is 24.5 Å². The summed E-state index contributed by atoms with van der Waals surface area (Å²) in [7, 11) is 1.51. The minimum absolute atomic E-state index is 0.175. The van der Waals surface area contributed by atoms with Gasteiger partial charge in [0.15, 0.2) is 10.9 Å². The second-order valence-electron chi connectivity index (χ2n) is 6.18. The minimum Gasteiger partial charge on any atom is -0.495 e. The van der Waals surface area contributed by atoms with E-state index in [4.69, 9.17) is 28.6 Å². The second-order valence-corrected chi connectivity index (χ2v) is 7.96. The van der Waals surface area contributed by atoms with Crippen molar-refractivity contribution in [2.45, 2.75) is 6.92 Å². The number of ether oxygens (including phenoxy) is 1. The Bertz CT molecular complexity index is 1250. The van der Waals surface area contributed by atoms with E-state index in [0.29, 0.717) is 16.3 Å². The number of carbonyl (C=O) groups excluding carboxylic acids is 1. The average molecular weight is 459 g/mol. The first kappa shape index (κ1) is 20.2. The topological polar surface area (TPSA) is 93.4 Å². The molecule has 0 bridgehead atoms. The standard InChI is InChI=1S/C19H15ClN6O2S2/c1-10-23-24-19-26(10)25-17(30-19)11-3-6-13(7-4-11)21-18(29)22-16(27)12-5-8-15(28-2)14(20)9-12/h3-9H,1-2H3,(H2,21,22,27,29). The van der Waals surface area contributed by atoms with Crippen molar-refractivity contribution in [2.24, 2.45) is 0 Å². The molecular weight excluding hydrogens is 444 g/mol. The van der Waals surface area contributed by atoms with E-state index >= 15 is 0 Å². The van der Waals surface area contributed by atoms with Crippen molar-refractivity contribution >= 4 is 56.8 Å². The van der Waals surface area contributed by atoms with Gasteiger partial charge in [0.05, 0.1) is 12.1 Å². The number of rotatable bonds is 4. The van der Waals surface area contributed by atoms with Crippen LogP contribution in [0.4, 0.5) is 5.69 Å². The van der Waals surface area contributed by atoms with Crippen molar-refractivity contribution in [3.8, 4) is 16.3 Å². The number of benzene rings is 2. The Balaban J connectivity index is 1.40. The Kier molecular flexibility index (Phi) is 5.62. The van der Waals surface area contributed by atoms with Gasteiger partial charge in [0, 0.05) is 16.8 Å². The number of aromatic nitrogens is 4. The zero-order chi connectivity index (χ0) is 21.3. The Labute approximate surface area is 185 Å². The summed E-state index contributed by atoms with van der Waals surface area (Å²) in [5, 5.41) is 19.5. The summed E-state index contributed by atoms with van der Waals surface area (Å²) in [5.74, 6) is 0.864. The highest BCUT2D eigenvalue weighted by Gasteiger charge is 2.12. The van der Waals surface area contributed by atoms with Crippen LogP contribution in [0, 0.1) is 6.92 Å². The number of fused-ring (bicyclic) bond motifs is 1. The summed E-state index contributed by atoms with van der Waals surface area (Å²) in [6.45, 7) is 1.85. The van der Waals surface area contributed by atoms with Crippen molar-refractivity contribution < 1.29 is 9.53 Å². The maximum absolute atomic E-state index is 12.4. The molecule has 2 aromatic heterocycles. The number of thiocarbonyl (C=S) groups is 1. The zero-order valence-corrected chi connectivity index (χ0v) is 18.2. The third-order valence-electron chi connectivity index (χ3n) is 4.18. The summed E-state index contributed by atoms with van der Waals surface area (Å²) in [5.41, 5.74) is 2.05. The highest BCUT2D eigenvalue weighted by molar-refractivity contribution is 7.80. The lowest BCUT2D eigenvalue weighted by Crippen LogP contribution is -2.34. The lowest BCUT2D eigenvalue weighted by molar-refractivity contribution is 0.0977. The molecular formula is C19H15ClN6O2S2. The predicted octanol–water partition coefficient (Wildman–Crippen LogP) is 3.95. The van der Waals surface area contributed by atoms with Crippen LogP contribution in [0.2, 0.25) is 5.02 Å². The van der Waals surface area contributed by atoms with Gasteiger partial charge in [-0.1, -0.05) is 22.9 Å². The first-order valence-electron chi connectivity index (χ1n) is 8.70. The molecule has 11 heteroatoms. The van der Waals surface area contributed by atoms with Crippen LogP contribution in [0.25, 0.3) is 15.5 Å². The number of nitrogens with zero attached hydrogens (tertiary/aromatic N) is 4. The molecule has 152 valence electrons. The highest BCUT2D eigenvalue weighted by Crippen LogP contribution is 2.27. The lowest BCUT2D eigenvalue weighted by Gasteiger charge is -2.11. The fraction of sp³-hybridized carbons (Fsp3) is 0.105. The van der Waals surface area contributed by atoms with Gasteiger partial charge in [0.1, 0.15) is 10.8 Å². The predicted molar refractivity (Wildman–Crippen MR) is 121 cm³/mol. The van der Waals surface area contributed by atoms with Crippen LogP contribution in [-0.4, -0.2) is 37.9 Å². The molecule has 0 saturated heterocycles. The molecule has 4 aromatic rings. The first-order chi connectivity index (χ1) is 14.4. The fourth-order valence-corrected chi connectivity index (χ4v) is 4.03. The van der Waals surface area contributed by atoms with Crippen LogP contribution >= 0.6 is 35.2 Å². The number of anilines is 1. The summed E-state index contributed by atoms with van der Waals surface area (Å²) in [6, 6.07) is 12.3. The molecule has 0 aliphatic carbocycles. The average Bonchev–Trinajstić information content (AvgIpc) is 3.30. The van der Waals surface area contributed by atoms with E-state index in [1.807, 2.05) is 31.2 Å². The van der Waals surface area contributed by atoms with E-state index in [0.717, 1.165) is 27.0 Å². The number of halogens is 1. The third-order valence-corrected chi connectivity index (χ3v) is 5.62. The molecule has 0 aliphatic rings. The van der Waals surface area contributed by atoms with Crippen LogP contribution < -0.4 is 15.4 Å². The Morgan fingerprint density at radius 1 is 1.20 bits per heavy atom. The van der Waals surface area contributed by atoms with Gasteiger partial charge in [-0.25, -0.2) is 0 Å². The molecule has 0 unspecified atom stereocenters. The van der Waals surface area contributed by atoms with Crippen LogP contribution in [-0.2, 0) is 0 Å². The molecule has 8 nitrogen and oxygen atoms in total. The summed E-state index contributed by atoms with van der Waals surface area (Å²) >= 11 is 12.8. The number of carbonyl (C=O) groups is 1. The Morgan fingerprint density at radius 3 is 2.63 bits per heavy atom. The molecule has 2 heterocycles. The van der Waals surface area contributed by atoms with Crippen molar-refractivity contribution in [2.75, 3.05) is 12.4 Å². The summed E-state index contributed by atoms with van der Waals surface area (Å²) < 4.78 is 6.80. The molecule has 2 N–H and O–H groups in total. The summed E-state index contributed by atoms with van der Waals surface area (Å²) in [4.78, 5) is 13.1. The molecule has 0 atom stereocenters. The quantitative estimate of drug-likeness (QED) is 0.447. The van der Waals surface area contributed by atoms with Gasteiger partial charge in [-0.15, -0.1) is 10.2 Å². The van der Waals surface area contributed by atoms with Crippen molar-refractivity contribution in [1.29, 1.82) is 0 Å². The van der Waals surface area contributed by atoms with E-state index in [1.54, 1.807) is 16.6 Å². The van der Waals surface area contributed by atoms with Gasteiger partial charge in [-0.05, 0) is 61.6 Å². The Morgan fingerprint density at radius 2 is 1.97 bits per heavy atom. The number of hydrogen-bond acceptors (Lipinski definition) is 7. The highest BCUT2D eigenvalue weighted by atomic mass is 35.5. The lowest BCUT2D eigenvalue weighted by atomic mass is 10.2. The van der Waals surface area contributed by atoms with Gasteiger partial charge >= 0.3 is 0 Å². The molecule has 4 rings (SSSR count). The van der Waals surface area contributed by atoms with Crippen molar-refractivity contribution in [3.63, 3.8) is 0 Å². The van der Waals surface area contributed by atoms with Gasteiger partial charge in [-0.3, -0.25) is 10.1 Å². The molecule has 1 amide bonds. The van der Waals surface area contributed by atoms with Crippen LogP contribution in [0.3, 0.4) is 0 Å². The first-order valence-corrected chi connectivity index (χ1v) is 10.3. The third kappa shape index (κ3) is 4.11. The number of amides is 1. The van der Waals surface area contributed by atoms with E-state index < -0.39 is 0 Å². The molecule has 30 heavy (non-hydrogen) atoms. The van der Waals surface area contributed by atoms with Crippen molar-refractivity contribution in [1.82, 2.24) is 25.1 Å². The van der Waals surface area contributed by atoms with Gasteiger partial charge in [0.2, 0.25) is 4.96 Å². The Hall–Kier alpha value is -3.08. The SMILES string of the molecule is COc1ccc(C(=O)NC(=S)Nc2ccc(-c3nn4c(C)nnc4s3)cc2)cc1Cl. The number of nitrogens with one attached hydrogen (secondary N) is 2. The minimum atomic E-state index is -0.371. The normalized spacial score (nSPS) is 10.8. The molecule has 0 spiro atoms. The number of hydrogen-bond donors (Lipinski definition) is 2. The van der Waals surface area contributed by atoms with Gasteiger partial charge in [0.25, 0.3) is 5.91 Å². The maximum Gasteiger partial charge on any atom is 0.257 e. The molecule has 0 radical (unpaired) electrons. The summed E-state index contributed by atoms with van der Waals surface area (Å²) in [6.07, 6.45) is 0. The van der Waals surface area contributed by atoms with Gasteiger partial charge < -0.3 is 10.1 Å². The molecule has 0 saturated carbocycles. The van der Waals surface area contributed by atoms with Crippen LogP contribution in [0.1, 0.15) is 16.2 Å². The smallest absolute Gasteiger partial charge is 0.257 e. The van der Waals surface area contributed by atoms with Crippen molar-refractivity contribution in [3.05, 3.63) is 58.9 Å². The molecule has 0 aliphatic heterocycles. The van der Waals surface area contributed by atoms with E-state index in [9.17, 15) is 4.79 Å². The number of aryl methyl sites for hydroxylation is 1. The molecule has 0 fully saturated rings. The van der Waals surface area contributed by atoms with Crippen LogP contribution in [0.15, 0.2) is 42.5 Å². The van der Waals surface area contributed by atoms with Gasteiger partial charge in [-0.2, -0.15) is 9.61 Å². The second kappa shape index (κ2) is 8.34. The maximum atomic E-state index is 12.4. The fourth-order valence-electron chi connectivity index (χ4n) is 2.67.